The molecule has 1 aromatic heterocycles. The first kappa shape index (κ1) is 14.6. The van der Waals surface area contributed by atoms with Gasteiger partial charge in [-0.15, -0.1) is 0 Å². The van der Waals surface area contributed by atoms with E-state index in [0.717, 1.165) is 5.56 Å². The minimum atomic E-state index is -3.64. The van der Waals surface area contributed by atoms with Gasteiger partial charge in [0.15, 0.2) is 0 Å². The molecular formula is C12H17N5O2S. The first-order valence-electron chi connectivity index (χ1n) is 6.12. The number of nitrogens with zero attached hydrogens (tertiary/aromatic N) is 2. The van der Waals surface area contributed by atoms with Gasteiger partial charge >= 0.3 is 0 Å². The van der Waals surface area contributed by atoms with Gasteiger partial charge in [-0.1, -0.05) is 12.1 Å². The molecule has 1 unspecified atom stereocenters. The lowest BCUT2D eigenvalue weighted by Crippen LogP contribution is -2.28. The molecule has 0 aliphatic rings. The molecule has 2 aromatic rings. The fourth-order valence-corrected chi connectivity index (χ4v) is 3.44. The molecule has 4 N–H and O–H groups in total. The lowest BCUT2D eigenvalue weighted by atomic mass is 10.1. The largest absolute Gasteiger partial charge is 0.326 e. The van der Waals surface area contributed by atoms with Gasteiger partial charge in [0, 0.05) is 6.54 Å². The minimum absolute atomic E-state index is 0.229. The Morgan fingerprint density at radius 2 is 2.20 bits per heavy atom. The van der Waals surface area contributed by atoms with Crippen molar-refractivity contribution < 1.29 is 8.42 Å². The SMILES string of the molecule is Cc1c(CN)cccc1S(=O)(=O)NC(C)c1ncn[nH]1. The first-order valence-corrected chi connectivity index (χ1v) is 7.60. The van der Waals surface area contributed by atoms with Crippen LogP contribution in [0.1, 0.15) is 29.9 Å². The van der Waals surface area contributed by atoms with Crippen LogP contribution in [0.3, 0.4) is 0 Å². The van der Waals surface area contributed by atoms with Crippen molar-refractivity contribution in [2.45, 2.75) is 31.3 Å². The fraction of sp³-hybridized carbons (Fsp3) is 0.333. The van der Waals surface area contributed by atoms with Gasteiger partial charge < -0.3 is 5.73 Å². The van der Waals surface area contributed by atoms with Gasteiger partial charge in [-0.3, -0.25) is 5.10 Å². The van der Waals surface area contributed by atoms with E-state index in [1.165, 1.54) is 6.33 Å². The Labute approximate surface area is 117 Å². The first-order chi connectivity index (χ1) is 9.45. The van der Waals surface area contributed by atoms with Crippen LogP contribution < -0.4 is 10.5 Å². The Bertz CT molecular complexity index is 682. The highest BCUT2D eigenvalue weighted by Crippen LogP contribution is 2.20. The summed E-state index contributed by atoms with van der Waals surface area (Å²) in [6, 6.07) is 4.56. The molecule has 0 saturated carbocycles. The van der Waals surface area contributed by atoms with Crippen molar-refractivity contribution in [1.29, 1.82) is 0 Å². The van der Waals surface area contributed by atoms with E-state index in [4.69, 9.17) is 5.73 Å². The summed E-state index contributed by atoms with van der Waals surface area (Å²) >= 11 is 0. The highest BCUT2D eigenvalue weighted by Gasteiger charge is 2.22. The zero-order valence-electron chi connectivity index (χ0n) is 11.3. The fourth-order valence-electron chi connectivity index (χ4n) is 1.95. The zero-order chi connectivity index (χ0) is 14.8. The Morgan fingerprint density at radius 1 is 1.45 bits per heavy atom. The molecule has 0 aliphatic heterocycles. The summed E-state index contributed by atoms with van der Waals surface area (Å²) in [6.07, 6.45) is 1.33. The number of hydrogen-bond donors (Lipinski definition) is 3. The zero-order valence-corrected chi connectivity index (χ0v) is 12.1. The number of nitrogens with two attached hydrogens (primary N) is 1. The summed E-state index contributed by atoms with van der Waals surface area (Å²) in [5.41, 5.74) is 7.07. The molecule has 0 saturated heterocycles. The van der Waals surface area contributed by atoms with Gasteiger partial charge in [-0.05, 0) is 31.0 Å². The van der Waals surface area contributed by atoms with E-state index in [9.17, 15) is 8.42 Å². The molecular weight excluding hydrogens is 278 g/mol. The second-order valence-corrected chi connectivity index (χ2v) is 6.14. The second-order valence-electron chi connectivity index (χ2n) is 4.46. The Balaban J connectivity index is 2.31. The van der Waals surface area contributed by atoms with Gasteiger partial charge in [-0.2, -0.15) is 5.10 Å². The normalized spacial score (nSPS) is 13.3. The highest BCUT2D eigenvalue weighted by atomic mass is 32.2. The quantitative estimate of drug-likeness (QED) is 0.748. The molecule has 7 nitrogen and oxygen atoms in total. The average molecular weight is 295 g/mol. The maximum absolute atomic E-state index is 12.4. The number of benzene rings is 1. The van der Waals surface area contributed by atoms with Crippen molar-refractivity contribution in [3.63, 3.8) is 0 Å². The maximum Gasteiger partial charge on any atom is 0.241 e. The lowest BCUT2D eigenvalue weighted by Gasteiger charge is -2.15. The summed E-state index contributed by atoms with van der Waals surface area (Å²) in [5.74, 6) is 0.459. The van der Waals surface area contributed by atoms with Crippen LogP contribution in [0.25, 0.3) is 0 Å². The van der Waals surface area contributed by atoms with Gasteiger partial charge in [0.05, 0.1) is 10.9 Å². The smallest absolute Gasteiger partial charge is 0.241 e. The van der Waals surface area contributed by atoms with Crippen molar-refractivity contribution in [2.75, 3.05) is 0 Å². The van der Waals surface area contributed by atoms with Gasteiger partial charge in [0.25, 0.3) is 0 Å². The standard InChI is InChI=1S/C12H17N5O2S/c1-8-10(6-13)4-3-5-11(8)20(18,19)17-9(2)12-14-7-15-16-12/h3-5,7,9,17H,6,13H2,1-2H3,(H,14,15,16). The van der Waals surface area contributed by atoms with Crippen molar-refractivity contribution >= 4 is 10.0 Å². The molecule has 20 heavy (non-hydrogen) atoms. The summed E-state index contributed by atoms with van der Waals surface area (Å²) < 4.78 is 27.4. The monoisotopic (exact) mass is 295 g/mol. The molecule has 1 aromatic carbocycles. The Kier molecular flexibility index (Phi) is 4.17. The van der Waals surface area contributed by atoms with E-state index in [-0.39, 0.29) is 4.90 Å². The number of aromatic nitrogens is 3. The van der Waals surface area contributed by atoms with Crippen LogP contribution in [0.15, 0.2) is 29.4 Å². The Morgan fingerprint density at radius 3 is 2.80 bits per heavy atom. The van der Waals surface area contributed by atoms with E-state index in [2.05, 4.69) is 19.9 Å². The topological polar surface area (TPSA) is 114 Å². The van der Waals surface area contributed by atoms with Crippen molar-refractivity contribution in [3.8, 4) is 0 Å². The third-order valence-corrected chi connectivity index (χ3v) is 4.77. The van der Waals surface area contributed by atoms with Crippen LogP contribution in [0.5, 0.6) is 0 Å². The lowest BCUT2D eigenvalue weighted by molar-refractivity contribution is 0.559. The predicted octanol–water partition coefficient (Wildman–Crippen LogP) is 0.611. The highest BCUT2D eigenvalue weighted by molar-refractivity contribution is 7.89. The Hall–Kier alpha value is -1.77. The molecule has 2 rings (SSSR count). The summed E-state index contributed by atoms with van der Waals surface area (Å²) in [4.78, 5) is 4.17. The van der Waals surface area contributed by atoms with Gasteiger partial charge in [0.2, 0.25) is 10.0 Å². The molecule has 108 valence electrons. The number of hydrogen-bond acceptors (Lipinski definition) is 5. The van der Waals surface area contributed by atoms with Crippen LogP contribution in [-0.4, -0.2) is 23.6 Å². The van der Waals surface area contributed by atoms with E-state index >= 15 is 0 Å². The number of sulfonamides is 1. The maximum atomic E-state index is 12.4. The third kappa shape index (κ3) is 2.87. The molecule has 0 spiro atoms. The molecule has 0 amide bonds. The molecule has 0 radical (unpaired) electrons. The molecule has 0 fully saturated rings. The third-order valence-electron chi connectivity index (χ3n) is 3.08. The van der Waals surface area contributed by atoms with E-state index in [1.54, 1.807) is 26.0 Å². The summed E-state index contributed by atoms with van der Waals surface area (Å²) in [6.45, 7) is 3.74. The van der Waals surface area contributed by atoms with E-state index in [1.807, 2.05) is 6.07 Å². The van der Waals surface area contributed by atoms with Crippen LogP contribution in [0, 0.1) is 6.92 Å². The number of H-pyrrole nitrogens is 1. The summed E-state index contributed by atoms with van der Waals surface area (Å²) in [5, 5.41) is 6.34. The number of nitrogens with one attached hydrogen (secondary N) is 2. The minimum Gasteiger partial charge on any atom is -0.326 e. The molecule has 0 aliphatic carbocycles. The van der Waals surface area contributed by atoms with Gasteiger partial charge in [0.1, 0.15) is 12.2 Å². The van der Waals surface area contributed by atoms with Crippen LogP contribution in [0.2, 0.25) is 0 Å². The van der Waals surface area contributed by atoms with Crippen molar-refractivity contribution in [2.24, 2.45) is 5.73 Å². The summed E-state index contributed by atoms with van der Waals surface area (Å²) in [7, 11) is -3.64. The second kappa shape index (κ2) is 5.70. The average Bonchev–Trinajstić information content (AvgIpc) is 2.92. The van der Waals surface area contributed by atoms with E-state index < -0.39 is 16.1 Å². The van der Waals surface area contributed by atoms with Gasteiger partial charge in [-0.25, -0.2) is 18.1 Å². The predicted molar refractivity (Wildman–Crippen MR) is 74.2 cm³/mol. The molecule has 1 atom stereocenters. The van der Waals surface area contributed by atoms with Crippen molar-refractivity contribution in [3.05, 3.63) is 41.5 Å². The number of aromatic amines is 1. The van der Waals surface area contributed by atoms with Crippen LogP contribution in [0.4, 0.5) is 0 Å². The molecule has 0 bridgehead atoms. The van der Waals surface area contributed by atoms with E-state index in [0.29, 0.717) is 17.9 Å². The molecule has 8 heteroatoms. The van der Waals surface area contributed by atoms with Crippen molar-refractivity contribution in [1.82, 2.24) is 19.9 Å². The van der Waals surface area contributed by atoms with Crippen LogP contribution in [-0.2, 0) is 16.6 Å². The van der Waals surface area contributed by atoms with Crippen LogP contribution >= 0.6 is 0 Å². The number of rotatable bonds is 5. The molecule has 1 heterocycles.